The van der Waals surface area contributed by atoms with E-state index in [1.807, 2.05) is 30.3 Å². The zero-order valence-electron chi connectivity index (χ0n) is 16.1. The molecule has 3 aromatic rings. The number of H-pyrrole nitrogens is 1. The lowest BCUT2D eigenvalue weighted by Gasteiger charge is -2.38. The largest absolute Gasteiger partial charge is 0.372 e. The summed E-state index contributed by atoms with van der Waals surface area (Å²) in [6, 6.07) is 11.2. The summed E-state index contributed by atoms with van der Waals surface area (Å²) in [5, 5.41) is 3.02. The van der Waals surface area contributed by atoms with Crippen molar-refractivity contribution in [2.24, 2.45) is 11.3 Å². The molecular weight excluding hydrogens is 340 g/mol. The summed E-state index contributed by atoms with van der Waals surface area (Å²) in [5.74, 6) is 1.65. The van der Waals surface area contributed by atoms with E-state index in [4.69, 9.17) is 4.74 Å². The molecule has 0 spiro atoms. The van der Waals surface area contributed by atoms with Gasteiger partial charge in [0, 0.05) is 11.6 Å². The van der Waals surface area contributed by atoms with Crippen molar-refractivity contribution in [3.8, 4) is 11.4 Å². The molecule has 1 saturated carbocycles. The molecule has 2 atom stereocenters. The Morgan fingerprint density at radius 3 is 2.74 bits per heavy atom. The molecule has 6 heteroatoms. The topological polar surface area (TPSA) is 72.3 Å². The van der Waals surface area contributed by atoms with E-state index in [-0.39, 0.29) is 11.7 Å². The Balaban J connectivity index is 1.54. The number of nitrogens with one attached hydrogen (secondary N) is 1. The second kappa shape index (κ2) is 6.93. The van der Waals surface area contributed by atoms with Crippen molar-refractivity contribution < 1.29 is 4.74 Å². The molecule has 1 aromatic carbocycles. The van der Waals surface area contributed by atoms with Crippen molar-refractivity contribution in [3.63, 3.8) is 0 Å². The maximum Gasteiger partial charge on any atom is 0.274 e. The van der Waals surface area contributed by atoms with Crippen molar-refractivity contribution in [2.75, 3.05) is 0 Å². The van der Waals surface area contributed by atoms with E-state index < -0.39 is 0 Å². The lowest BCUT2D eigenvalue weighted by Crippen LogP contribution is -2.32. The van der Waals surface area contributed by atoms with Crippen LogP contribution in [-0.2, 0) is 11.3 Å². The zero-order chi connectivity index (χ0) is 19.0. The molecule has 1 N–H and O–H groups in total. The van der Waals surface area contributed by atoms with Crippen LogP contribution in [-0.4, -0.2) is 25.7 Å². The Morgan fingerprint density at radius 2 is 2.00 bits per heavy atom. The van der Waals surface area contributed by atoms with Gasteiger partial charge >= 0.3 is 0 Å². The van der Waals surface area contributed by atoms with E-state index in [9.17, 15) is 4.79 Å². The van der Waals surface area contributed by atoms with Crippen LogP contribution in [0.15, 0.2) is 41.2 Å². The maximum atomic E-state index is 12.4. The van der Waals surface area contributed by atoms with Crippen molar-refractivity contribution in [3.05, 3.63) is 52.4 Å². The number of nitrogens with zero attached hydrogens (tertiary/aromatic N) is 3. The van der Waals surface area contributed by atoms with E-state index in [0.29, 0.717) is 35.2 Å². The highest BCUT2D eigenvalue weighted by Gasteiger charge is 2.32. The van der Waals surface area contributed by atoms with Crippen LogP contribution in [0.5, 0.6) is 0 Å². The van der Waals surface area contributed by atoms with E-state index in [0.717, 1.165) is 18.4 Å². The Hall–Kier alpha value is -2.47. The van der Waals surface area contributed by atoms with Crippen LogP contribution in [0.1, 0.15) is 45.7 Å². The van der Waals surface area contributed by atoms with Gasteiger partial charge in [0.25, 0.3) is 11.3 Å². The van der Waals surface area contributed by atoms with Crippen LogP contribution < -0.4 is 5.56 Å². The predicted molar refractivity (Wildman–Crippen MR) is 104 cm³/mol. The molecule has 1 unspecified atom stereocenters. The van der Waals surface area contributed by atoms with Crippen LogP contribution in [0.2, 0.25) is 0 Å². The summed E-state index contributed by atoms with van der Waals surface area (Å²) in [7, 11) is 0. The Labute approximate surface area is 158 Å². The molecule has 0 saturated heterocycles. The van der Waals surface area contributed by atoms with Gasteiger partial charge in [-0.1, -0.05) is 51.1 Å². The van der Waals surface area contributed by atoms with Crippen LogP contribution in [0.3, 0.4) is 0 Å². The Bertz CT molecular complexity index is 990. The van der Waals surface area contributed by atoms with Gasteiger partial charge < -0.3 is 4.74 Å². The molecule has 0 radical (unpaired) electrons. The van der Waals surface area contributed by atoms with Crippen molar-refractivity contribution in [1.82, 2.24) is 19.6 Å². The summed E-state index contributed by atoms with van der Waals surface area (Å²) in [6.45, 7) is 7.21. The molecule has 0 bridgehead atoms. The minimum Gasteiger partial charge on any atom is -0.372 e. The molecule has 142 valence electrons. The van der Waals surface area contributed by atoms with Gasteiger partial charge in [-0.05, 0) is 30.6 Å². The monoisotopic (exact) mass is 366 g/mol. The second-order valence-electron chi connectivity index (χ2n) is 8.51. The van der Waals surface area contributed by atoms with Gasteiger partial charge in [0.2, 0.25) is 0 Å². The highest BCUT2D eigenvalue weighted by atomic mass is 16.5. The van der Waals surface area contributed by atoms with Crippen LogP contribution in [0.4, 0.5) is 0 Å². The first-order valence-electron chi connectivity index (χ1n) is 9.55. The van der Waals surface area contributed by atoms with Gasteiger partial charge in [-0.3, -0.25) is 9.89 Å². The molecule has 6 nitrogen and oxygen atoms in total. The van der Waals surface area contributed by atoms with Crippen LogP contribution in [0.25, 0.3) is 17.2 Å². The fourth-order valence-corrected chi connectivity index (χ4v) is 4.32. The first-order valence-corrected chi connectivity index (χ1v) is 9.55. The van der Waals surface area contributed by atoms with Gasteiger partial charge in [0.1, 0.15) is 0 Å². The third-order valence-electron chi connectivity index (χ3n) is 5.24. The Morgan fingerprint density at radius 1 is 1.22 bits per heavy atom. The number of aromatic nitrogens is 4. The van der Waals surface area contributed by atoms with E-state index in [2.05, 4.69) is 35.8 Å². The average molecular weight is 366 g/mol. The fraction of sp³-hybridized carbons (Fsp3) is 0.476. The third-order valence-corrected chi connectivity index (χ3v) is 5.24. The summed E-state index contributed by atoms with van der Waals surface area (Å²) >= 11 is 0. The summed E-state index contributed by atoms with van der Waals surface area (Å²) in [5.41, 5.74) is 1.66. The highest BCUT2D eigenvalue weighted by Crippen LogP contribution is 2.39. The van der Waals surface area contributed by atoms with E-state index in [1.54, 1.807) is 0 Å². The number of fused-ring (bicyclic) bond motifs is 1. The number of benzene rings is 1. The number of aromatic amines is 1. The molecule has 1 fully saturated rings. The fourth-order valence-electron chi connectivity index (χ4n) is 4.32. The zero-order valence-corrected chi connectivity index (χ0v) is 16.1. The van der Waals surface area contributed by atoms with Gasteiger partial charge in [-0.15, -0.1) is 0 Å². The summed E-state index contributed by atoms with van der Waals surface area (Å²) in [6.07, 6.45) is 3.54. The molecule has 1 aliphatic rings. The second-order valence-corrected chi connectivity index (χ2v) is 8.51. The standard InChI is InChI=1S/C21H26N4O2/c1-14-9-17(12-21(2,3)11-14)27-13-16-10-18(26)25-20(22-16)23-19(24-25)15-7-5-4-6-8-15/h4-8,10,14,17H,9,11-13H2,1-3H3,(H,22,23,24)/t14-,17?/m1/s1. The van der Waals surface area contributed by atoms with E-state index in [1.165, 1.54) is 17.0 Å². The Kier molecular flexibility index (Phi) is 4.60. The molecule has 2 heterocycles. The first kappa shape index (κ1) is 17.9. The number of ether oxygens (including phenoxy) is 1. The first-order chi connectivity index (χ1) is 12.9. The SMILES string of the molecule is C[C@@H]1CC(OCc2cc(=O)n3[nH]c(-c4ccccc4)nc3n2)CC(C)(C)C1. The third kappa shape index (κ3) is 3.95. The van der Waals surface area contributed by atoms with Crippen LogP contribution in [0, 0.1) is 11.3 Å². The predicted octanol–water partition coefficient (Wildman–Crippen LogP) is 3.82. The van der Waals surface area contributed by atoms with E-state index >= 15 is 0 Å². The number of hydrogen-bond donors (Lipinski definition) is 1. The molecule has 0 aliphatic heterocycles. The number of hydrogen-bond acceptors (Lipinski definition) is 4. The van der Waals surface area contributed by atoms with Crippen molar-refractivity contribution >= 4 is 5.78 Å². The van der Waals surface area contributed by atoms with Crippen LogP contribution >= 0.6 is 0 Å². The minimum absolute atomic E-state index is 0.175. The normalized spacial score (nSPS) is 22.2. The smallest absolute Gasteiger partial charge is 0.274 e. The van der Waals surface area contributed by atoms with Crippen molar-refractivity contribution in [2.45, 2.75) is 52.7 Å². The van der Waals surface area contributed by atoms with Gasteiger partial charge in [0.05, 0.1) is 18.4 Å². The van der Waals surface area contributed by atoms with Gasteiger partial charge in [-0.25, -0.2) is 4.98 Å². The van der Waals surface area contributed by atoms with Gasteiger partial charge in [-0.2, -0.15) is 9.50 Å². The molecule has 0 amide bonds. The lowest BCUT2D eigenvalue weighted by molar-refractivity contribution is -0.0327. The maximum absolute atomic E-state index is 12.4. The average Bonchev–Trinajstić information content (AvgIpc) is 3.04. The molecule has 1 aliphatic carbocycles. The molecule has 4 rings (SSSR count). The minimum atomic E-state index is -0.175. The number of rotatable bonds is 4. The lowest BCUT2D eigenvalue weighted by atomic mass is 9.71. The molecule has 2 aromatic heterocycles. The molecule has 27 heavy (non-hydrogen) atoms. The van der Waals surface area contributed by atoms with Crippen molar-refractivity contribution in [1.29, 1.82) is 0 Å². The molecular formula is C21H26N4O2. The quantitative estimate of drug-likeness (QED) is 0.762. The van der Waals surface area contributed by atoms with Gasteiger partial charge in [0.15, 0.2) is 5.82 Å². The summed E-state index contributed by atoms with van der Waals surface area (Å²) in [4.78, 5) is 21.4. The highest BCUT2D eigenvalue weighted by molar-refractivity contribution is 5.56. The summed E-state index contributed by atoms with van der Waals surface area (Å²) < 4.78 is 7.49.